The average molecular weight is 641 g/mol. The van der Waals surface area contributed by atoms with Gasteiger partial charge in [0.15, 0.2) is 5.82 Å². The molecular formula is C35H40N6O6. The standard InChI is InChI=1S/C35H40N6O6/c1-35(2,3)46-33(44)38-21-23-6-10-27(11-7-23)31(42)41(28-14-12-26(13-15-28)30-39-34(45)47-40-30)32(43)29(36)20-22-4-8-24(9-5-22)25-16-18-37-19-17-25/h4-5,8-9,12-19,23,27,29H,6-7,10-11,20-21,36H2,1-3H3,(H,38,44)(H,39,40,45)/t23?,27?,29-/m0/s1. The monoisotopic (exact) mass is 640 g/mol. The molecule has 4 aromatic rings. The van der Waals surface area contributed by atoms with Gasteiger partial charge in [0, 0.05) is 30.4 Å². The van der Waals surface area contributed by atoms with E-state index in [0.717, 1.165) is 16.7 Å². The number of nitrogens with two attached hydrogens (primary N) is 1. The highest BCUT2D eigenvalue weighted by atomic mass is 16.6. The van der Waals surface area contributed by atoms with Gasteiger partial charge >= 0.3 is 11.8 Å². The molecule has 1 aliphatic carbocycles. The fourth-order valence-corrected chi connectivity index (χ4v) is 5.71. The second-order valence-electron chi connectivity index (χ2n) is 12.8. The summed E-state index contributed by atoms with van der Waals surface area (Å²) in [6.07, 6.45) is 5.78. The Morgan fingerprint density at radius 3 is 2.17 bits per heavy atom. The Bertz CT molecular complexity index is 1720. The van der Waals surface area contributed by atoms with Crippen LogP contribution in [0.2, 0.25) is 0 Å². The van der Waals surface area contributed by atoms with Gasteiger partial charge in [0.25, 0.3) is 5.91 Å². The smallest absolute Gasteiger partial charge is 0.439 e. The second kappa shape index (κ2) is 14.5. The molecule has 0 radical (unpaired) electrons. The molecule has 0 bridgehead atoms. The van der Waals surface area contributed by atoms with Crippen LogP contribution in [-0.2, 0) is 20.7 Å². The highest BCUT2D eigenvalue weighted by Gasteiger charge is 2.35. The van der Waals surface area contributed by atoms with E-state index in [-0.39, 0.29) is 24.1 Å². The predicted octanol–water partition coefficient (Wildman–Crippen LogP) is 4.85. The number of H-pyrrole nitrogens is 1. The first-order valence-electron chi connectivity index (χ1n) is 15.7. The topological polar surface area (TPSA) is 174 Å². The fraction of sp³-hybridized carbons (Fsp3) is 0.371. The molecule has 246 valence electrons. The molecule has 1 aliphatic rings. The number of hydrogen-bond donors (Lipinski definition) is 3. The van der Waals surface area contributed by atoms with Crippen molar-refractivity contribution in [2.75, 3.05) is 11.4 Å². The Hall–Kier alpha value is -5.10. The van der Waals surface area contributed by atoms with Gasteiger partial charge in [-0.3, -0.25) is 24.1 Å². The largest absolute Gasteiger partial charge is 0.444 e. The summed E-state index contributed by atoms with van der Waals surface area (Å²) in [7, 11) is 0. The summed E-state index contributed by atoms with van der Waals surface area (Å²) in [4.78, 5) is 59.3. The van der Waals surface area contributed by atoms with Gasteiger partial charge in [-0.25, -0.2) is 14.5 Å². The van der Waals surface area contributed by atoms with Crippen LogP contribution in [0.5, 0.6) is 0 Å². The van der Waals surface area contributed by atoms with Crippen LogP contribution in [-0.4, -0.2) is 51.2 Å². The van der Waals surface area contributed by atoms with Crippen LogP contribution in [0.3, 0.4) is 0 Å². The average Bonchev–Trinajstić information content (AvgIpc) is 3.50. The third kappa shape index (κ3) is 8.79. The minimum absolute atomic E-state index is 0.192. The van der Waals surface area contributed by atoms with Gasteiger partial charge in [-0.05, 0) is 112 Å². The molecule has 2 aromatic heterocycles. The van der Waals surface area contributed by atoms with Crippen LogP contribution < -0.4 is 21.7 Å². The Labute approximate surface area is 272 Å². The first-order valence-corrected chi connectivity index (χ1v) is 15.7. The number of amides is 3. The van der Waals surface area contributed by atoms with E-state index in [1.165, 1.54) is 4.90 Å². The number of ether oxygens (including phenoxy) is 1. The molecule has 2 heterocycles. The van der Waals surface area contributed by atoms with E-state index in [9.17, 15) is 19.2 Å². The van der Waals surface area contributed by atoms with Gasteiger partial charge in [-0.1, -0.05) is 29.4 Å². The van der Waals surface area contributed by atoms with Crippen molar-refractivity contribution in [2.45, 2.75) is 64.5 Å². The number of pyridine rings is 1. The van der Waals surface area contributed by atoms with Gasteiger partial charge in [0.1, 0.15) is 5.60 Å². The summed E-state index contributed by atoms with van der Waals surface area (Å²) in [5.74, 6) is -1.49. The van der Waals surface area contributed by atoms with Crippen LogP contribution in [0.25, 0.3) is 22.5 Å². The van der Waals surface area contributed by atoms with Crippen molar-refractivity contribution in [2.24, 2.45) is 17.6 Å². The number of imide groups is 1. The highest BCUT2D eigenvalue weighted by molar-refractivity contribution is 6.17. The molecule has 0 saturated heterocycles. The molecular weight excluding hydrogens is 600 g/mol. The van der Waals surface area contributed by atoms with Crippen molar-refractivity contribution in [3.8, 4) is 22.5 Å². The molecule has 0 aliphatic heterocycles. The lowest BCUT2D eigenvalue weighted by molar-refractivity contribution is -0.130. The van der Waals surface area contributed by atoms with E-state index >= 15 is 0 Å². The lowest BCUT2D eigenvalue weighted by atomic mass is 9.81. The molecule has 1 saturated carbocycles. The minimum atomic E-state index is -0.980. The number of rotatable bonds is 9. The van der Waals surface area contributed by atoms with E-state index in [1.54, 1.807) is 36.7 Å². The zero-order valence-electron chi connectivity index (χ0n) is 26.8. The van der Waals surface area contributed by atoms with Crippen molar-refractivity contribution in [3.05, 3.63) is 89.2 Å². The number of carbonyl (C=O) groups excluding carboxylic acids is 3. The van der Waals surface area contributed by atoms with Crippen LogP contribution in [0.1, 0.15) is 52.0 Å². The summed E-state index contributed by atoms with van der Waals surface area (Å²) in [6, 6.07) is 17.2. The summed E-state index contributed by atoms with van der Waals surface area (Å²) < 4.78 is 9.94. The normalized spacial score (nSPS) is 17.0. The van der Waals surface area contributed by atoms with E-state index in [0.29, 0.717) is 43.5 Å². The maximum atomic E-state index is 14.1. The molecule has 3 amide bonds. The van der Waals surface area contributed by atoms with E-state index < -0.39 is 35.3 Å². The van der Waals surface area contributed by atoms with Crippen LogP contribution >= 0.6 is 0 Å². The number of hydrogen-bond acceptors (Lipinski definition) is 9. The molecule has 1 atom stereocenters. The summed E-state index contributed by atoms with van der Waals surface area (Å²) >= 11 is 0. The van der Waals surface area contributed by atoms with Gasteiger partial charge in [0.2, 0.25) is 5.91 Å². The van der Waals surface area contributed by atoms with Crippen molar-refractivity contribution >= 4 is 23.6 Å². The third-order valence-corrected chi connectivity index (χ3v) is 8.15. The third-order valence-electron chi connectivity index (χ3n) is 8.15. The number of anilines is 1. The zero-order chi connectivity index (χ0) is 33.6. The van der Waals surface area contributed by atoms with Crippen molar-refractivity contribution in [1.82, 2.24) is 20.4 Å². The van der Waals surface area contributed by atoms with Crippen molar-refractivity contribution < 1.29 is 23.6 Å². The van der Waals surface area contributed by atoms with E-state index in [1.807, 2.05) is 57.2 Å². The van der Waals surface area contributed by atoms with E-state index in [4.69, 9.17) is 10.5 Å². The summed E-state index contributed by atoms with van der Waals surface area (Å²) in [6.45, 7) is 5.88. The molecule has 2 aromatic carbocycles. The first-order chi connectivity index (χ1) is 22.5. The van der Waals surface area contributed by atoms with Crippen molar-refractivity contribution in [3.63, 3.8) is 0 Å². The predicted molar refractivity (Wildman–Crippen MR) is 176 cm³/mol. The molecule has 5 rings (SSSR count). The number of alkyl carbamates (subject to hydrolysis) is 1. The molecule has 12 heteroatoms. The first kappa shape index (κ1) is 33.3. The van der Waals surface area contributed by atoms with Crippen LogP contribution in [0.4, 0.5) is 10.5 Å². The number of nitrogens with zero attached hydrogens (tertiary/aromatic N) is 3. The quantitative estimate of drug-likeness (QED) is 0.231. The molecule has 0 unspecified atom stereocenters. The van der Waals surface area contributed by atoms with Crippen molar-refractivity contribution in [1.29, 1.82) is 0 Å². The Balaban J connectivity index is 1.29. The van der Waals surface area contributed by atoms with Gasteiger partial charge < -0.3 is 15.8 Å². The Morgan fingerprint density at radius 1 is 0.957 bits per heavy atom. The number of benzene rings is 2. The molecule has 4 N–H and O–H groups in total. The molecule has 12 nitrogen and oxygen atoms in total. The number of aromatic nitrogens is 3. The van der Waals surface area contributed by atoms with Gasteiger partial charge in [-0.2, -0.15) is 0 Å². The van der Waals surface area contributed by atoms with E-state index in [2.05, 4.69) is 25.0 Å². The minimum Gasteiger partial charge on any atom is -0.444 e. The summed E-state index contributed by atoms with van der Waals surface area (Å²) in [5, 5.41) is 6.53. The van der Waals surface area contributed by atoms with Crippen LogP contribution in [0, 0.1) is 11.8 Å². The molecule has 1 fully saturated rings. The second-order valence-corrected chi connectivity index (χ2v) is 12.8. The zero-order valence-corrected chi connectivity index (χ0v) is 26.8. The van der Waals surface area contributed by atoms with Gasteiger partial charge in [-0.15, -0.1) is 0 Å². The maximum Gasteiger partial charge on any atom is 0.439 e. The van der Waals surface area contributed by atoms with Gasteiger partial charge in [0.05, 0.1) is 11.7 Å². The Morgan fingerprint density at radius 2 is 1.57 bits per heavy atom. The maximum absolute atomic E-state index is 14.1. The fourth-order valence-electron chi connectivity index (χ4n) is 5.71. The number of nitrogens with one attached hydrogen (secondary N) is 2. The van der Waals surface area contributed by atoms with Crippen LogP contribution in [0.15, 0.2) is 82.4 Å². The highest BCUT2D eigenvalue weighted by Crippen LogP contribution is 2.32. The number of aromatic amines is 1. The SMILES string of the molecule is CC(C)(C)OC(=O)NCC1CCC(C(=O)N(C(=O)[C@@H](N)Cc2ccc(-c3ccncc3)cc2)c2ccc(-c3noc(=O)[nH]3)cc2)CC1. The summed E-state index contributed by atoms with van der Waals surface area (Å²) in [5.41, 5.74) is 9.73. The molecule has 0 spiro atoms. The molecule has 47 heavy (non-hydrogen) atoms. The lowest BCUT2D eigenvalue weighted by Crippen LogP contribution is -2.50. The number of carbonyl (C=O) groups is 3. The Kier molecular flexibility index (Phi) is 10.3. The lowest BCUT2D eigenvalue weighted by Gasteiger charge is -2.32.